The van der Waals surface area contributed by atoms with Crippen LogP contribution in [0.25, 0.3) is 11.1 Å². The number of morpholine rings is 1. The van der Waals surface area contributed by atoms with E-state index in [0.29, 0.717) is 40.6 Å². The number of aryl methyl sites for hydroxylation is 1. The van der Waals surface area contributed by atoms with Crippen molar-refractivity contribution in [3.05, 3.63) is 84.2 Å². The smallest absolute Gasteiger partial charge is 0.272 e. The Balaban J connectivity index is 0.894. The molecule has 0 spiro atoms. The molecule has 12 nitrogen and oxygen atoms in total. The van der Waals surface area contributed by atoms with E-state index < -0.39 is 0 Å². The highest BCUT2D eigenvalue weighted by Crippen LogP contribution is 2.38. The Bertz CT molecular complexity index is 1930. The van der Waals surface area contributed by atoms with Gasteiger partial charge in [-0.05, 0) is 73.4 Å². The quantitative estimate of drug-likeness (QED) is 0.188. The molecule has 0 saturated carbocycles. The minimum absolute atomic E-state index is 0.0235. The van der Waals surface area contributed by atoms with Crippen molar-refractivity contribution in [3.8, 4) is 22.6 Å². The number of hydrogen-bond donors (Lipinski definition) is 2. The number of amides is 3. The van der Waals surface area contributed by atoms with E-state index >= 15 is 0 Å². The van der Waals surface area contributed by atoms with Crippen molar-refractivity contribution < 1.29 is 28.6 Å². The van der Waals surface area contributed by atoms with Crippen LogP contribution in [-0.4, -0.2) is 86.0 Å². The molecule has 2 fully saturated rings. The van der Waals surface area contributed by atoms with Crippen LogP contribution in [0.5, 0.6) is 11.5 Å². The molecule has 3 aromatic carbocycles. The summed E-state index contributed by atoms with van der Waals surface area (Å²) in [6, 6.07) is 20.7. The number of fused-ring (bicyclic) bond motifs is 2. The van der Waals surface area contributed by atoms with Crippen LogP contribution in [0.15, 0.2) is 77.9 Å². The molecule has 2 N–H and O–H groups in total. The first-order valence-corrected chi connectivity index (χ1v) is 17.4. The van der Waals surface area contributed by atoms with E-state index in [4.69, 9.17) is 14.2 Å². The number of nitrogens with zero attached hydrogens (tertiary/aromatic N) is 4. The molecule has 4 heterocycles. The highest BCUT2D eigenvalue weighted by atomic mass is 16.5. The first-order valence-electron chi connectivity index (χ1n) is 17.4. The van der Waals surface area contributed by atoms with Gasteiger partial charge in [0.05, 0.1) is 44.2 Å². The van der Waals surface area contributed by atoms with Gasteiger partial charge in [-0.2, -0.15) is 0 Å². The van der Waals surface area contributed by atoms with Crippen molar-refractivity contribution in [2.24, 2.45) is 12.0 Å². The lowest BCUT2D eigenvalue weighted by Crippen LogP contribution is -2.36. The van der Waals surface area contributed by atoms with Crippen molar-refractivity contribution >= 4 is 46.7 Å². The van der Waals surface area contributed by atoms with E-state index in [2.05, 4.69) is 20.5 Å². The molecule has 1 unspecified atom stereocenters. The zero-order valence-electron chi connectivity index (χ0n) is 28.9. The van der Waals surface area contributed by atoms with Crippen LogP contribution in [0, 0.1) is 0 Å². The lowest BCUT2D eigenvalue weighted by molar-refractivity contribution is -0.116. The number of carbonyl (C=O) groups is 3. The van der Waals surface area contributed by atoms with Gasteiger partial charge in [0.25, 0.3) is 11.8 Å². The van der Waals surface area contributed by atoms with Crippen molar-refractivity contribution in [2.75, 3.05) is 62.1 Å². The molecule has 3 aliphatic heterocycles. The summed E-state index contributed by atoms with van der Waals surface area (Å²) < 4.78 is 18.7. The first kappa shape index (κ1) is 33.9. The van der Waals surface area contributed by atoms with E-state index in [1.54, 1.807) is 16.7 Å². The van der Waals surface area contributed by atoms with Crippen LogP contribution in [0.3, 0.4) is 0 Å². The Kier molecular flexibility index (Phi) is 10.0. The van der Waals surface area contributed by atoms with Crippen molar-refractivity contribution in [1.29, 1.82) is 0 Å². The third kappa shape index (κ3) is 7.60. The summed E-state index contributed by atoms with van der Waals surface area (Å²) in [5, 5.41) is 5.94. The number of ether oxygens (including phenoxy) is 3. The van der Waals surface area contributed by atoms with Crippen LogP contribution in [0.4, 0.5) is 22.7 Å². The summed E-state index contributed by atoms with van der Waals surface area (Å²) in [7, 11) is 3.39. The SMILES string of the molecule is COc1cc2c(cc1OCCCC(=O)Nc1ccc(-c3cc(C(=O)Nc4ccc(N5CCOCC5)cc4)n(C)c3)cc1)N=CC1CCCN1C2=O. The standard InChI is InChI=1S/C39H42N6O6/c1-43-25-27(21-34(43)38(47)42-29-11-13-30(14-12-29)44-16-19-50-20-17-44)26-7-9-28(10-8-26)41-37(46)6-4-18-51-36-23-33-32(22-35(36)49-2)39(48)45-15-3-5-31(45)24-40-33/h7-14,21-25,31H,3-6,15-20H2,1-2H3,(H,41,46)(H,42,47). The van der Waals surface area contributed by atoms with Gasteiger partial charge in [0.15, 0.2) is 11.5 Å². The maximum atomic E-state index is 13.1. The molecule has 2 saturated heterocycles. The topological polar surface area (TPSA) is 127 Å². The average Bonchev–Trinajstić information content (AvgIpc) is 3.77. The van der Waals surface area contributed by atoms with Gasteiger partial charge in [-0.3, -0.25) is 19.4 Å². The molecule has 1 aromatic heterocycles. The number of aliphatic imine (C=N–C) groups is 1. The average molecular weight is 691 g/mol. The number of benzene rings is 3. The normalized spacial score (nSPS) is 16.7. The monoisotopic (exact) mass is 690 g/mol. The summed E-state index contributed by atoms with van der Waals surface area (Å²) >= 11 is 0. The number of rotatable bonds is 11. The molecule has 0 aliphatic carbocycles. The maximum Gasteiger partial charge on any atom is 0.272 e. The minimum atomic E-state index is -0.194. The molecule has 3 amide bonds. The van der Waals surface area contributed by atoms with Gasteiger partial charge >= 0.3 is 0 Å². The third-order valence-corrected chi connectivity index (χ3v) is 9.50. The molecular weight excluding hydrogens is 648 g/mol. The Morgan fingerprint density at radius 2 is 1.67 bits per heavy atom. The largest absolute Gasteiger partial charge is 0.493 e. The molecule has 0 radical (unpaired) electrons. The molecule has 51 heavy (non-hydrogen) atoms. The van der Waals surface area contributed by atoms with E-state index in [0.717, 1.165) is 68.2 Å². The maximum absolute atomic E-state index is 13.1. The van der Waals surface area contributed by atoms with Crippen molar-refractivity contribution in [1.82, 2.24) is 9.47 Å². The van der Waals surface area contributed by atoms with Crippen molar-refractivity contribution in [2.45, 2.75) is 31.7 Å². The summed E-state index contributed by atoms with van der Waals surface area (Å²) in [5.41, 5.74) is 5.93. The molecule has 3 aliphatic rings. The lowest BCUT2D eigenvalue weighted by atomic mass is 10.1. The highest BCUT2D eigenvalue weighted by Gasteiger charge is 2.32. The fraction of sp³-hybridized carbons (Fsp3) is 0.333. The molecule has 4 aromatic rings. The van der Waals surface area contributed by atoms with E-state index in [9.17, 15) is 14.4 Å². The summed E-state index contributed by atoms with van der Waals surface area (Å²) in [6.07, 6.45) is 6.38. The zero-order chi connectivity index (χ0) is 35.3. The van der Waals surface area contributed by atoms with Gasteiger partial charge in [-0.15, -0.1) is 0 Å². The first-order chi connectivity index (χ1) is 24.9. The number of aromatic nitrogens is 1. The van der Waals surface area contributed by atoms with Crippen LogP contribution < -0.4 is 25.0 Å². The Morgan fingerprint density at radius 1 is 0.922 bits per heavy atom. The van der Waals surface area contributed by atoms with Gasteiger partial charge in [-0.1, -0.05) is 12.1 Å². The van der Waals surface area contributed by atoms with Crippen LogP contribution in [0.1, 0.15) is 46.5 Å². The van der Waals surface area contributed by atoms with Gasteiger partial charge in [0, 0.05) is 74.2 Å². The Hall–Kier alpha value is -5.62. The second kappa shape index (κ2) is 15.1. The summed E-state index contributed by atoms with van der Waals surface area (Å²) in [6.45, 7) is 4.17. The minimum Gasteiger partial charge on any atom is -0.493 e. The number of carbonyl (C=O) groups excluding carboxylic acids is 3. The van der Waals surface area contributed by atoms with Crippen LogP contribution in [-0.2, 0) is 16.6 Å². The number of hydrogen-bond acceptors (Lipinski definition) is 8. The van der Waals surface area contributed by atoms with Crippen LogP contribution in [0.2, 0.25) is 0 Å². The van der Waals surface area contributed by atoms with Gasteiger partial charge in [0.2, 0.25) is 5.91 Å². The van der Waals surface area contributed by atoms with Crippen LogP contribution >= 0.6 is 0 Å². The lowest BCUT2D eigenvalue weighted by Gasteiger charge is -2.28. The molecular formula is C39H42N6O6. The molecule has 12 heteroatoms. The Labute approximate surface area is 297 Å². The molecule has 1 atom stereocenters. The summed E-state index contributed by atoms with van der Waals surface area (Å²) in [4.78, 5) is 47.7. The zero-order valence-corrected chi connectivity index (χ0v) is 28.9. The predicted octanol–water partition coefficient (Wildman–Crippen LogP) is 5.91. The molecule has 7 rings (SSSR count). The second-order valence-corrected chi connectivity index (χ2v) is 12.9. The van der Waals surface area contributed by atoms with Crippen molar-refractivity contribution in [3.63, 3.8) is 0 Å². The molecule has 0 bridgehead atoms. The Morgan fingerprint density at radius 3 is 2.43 bits per heavy atom. The predicted molar refractivity (Wildman–Crippen MR) is 197 cm³/mol. The van der Waals surface area contributed by atoms with E-state index in [-0.39, 0.29) is 36.8 Å². The number of anilines is 3. The number of methoxy groups -OCH3 is 1. The third-order valence-electron chi connectivity index (χ3n) is 9.50. The van der Waals surface area contributed by atoms with Gasteiger partial charge in [0.1, 0.15) is 5.69 Å². The van der Waals surface area contributed by atoms with Gasteiger partial charge in [-0.25, -0.2) is 0 Å². The second-order valence-electron chi connectivity index (χ2n) is 12.9. The fourth-order valence-electron chi connectivity index (χ4n) is 6.73. The fourth-order valence-corrected chi connectivity index (χ4v) is 6.73. The summed E-state index contributed by atoms with van der Waals surface area (Å²) in [5.74, 6) is 0.574. The highest BCUT2D eigenvalue weighted by molar-refractivity contribution is 6.04. The van der Waals surface area contributed by atoms with E-state index in [1.165, 1.54) is 7.11 Å². The molecule has 264 valence electrons. The van der Waals surface area contributed by atoms with Gasteiger partial charge < -0.3 is 39.2 Å². The van der Waals surface area contributed by atoms with E-state index in [1.807, 2.05) is 79.0 Å². The number of nitrogens with one attached hydrogen (secondary N) is 2.